The van der Waals surface area contributed by atoms with Crippen molar-refractivity contribution in [2.75, 3.05) is 6.61 Å². The highest BCUT2D eigenvalue weighted by atomic mass is 28.4. The molecule has 0 heterocycles. The van der Waals surface area contributed by atoms with E-state index in [1.54, 1.807) is 5.57 Å². The molecule has 0 aromatic rings. The zero-order valence-electron chi connectivity index (χ0n) is 27.7. The summed E-state index contributed by atoms with van der Waals surface area (Å²) in [4.78, 5) is 0. The first-order valence-corrected chi connectivity index (χ1v) is 21.6. The summed E-state index contributed by atoms with van der Waals surface area (Å²) in [5, 5.41) is 10.3. The minimum absolute atomic E-state index is 0.0250. The number of hydrogen-bond acceptors (Lipinski definition) is 3. The maximum absolute atomic E-state index is 9.93. The molecule has 3 fully saturated rings. The van der Waals surface area contributed by atoms with Crippen LogP contribution in [0.5, 0.6) is 0 Å². The number of hydrogen-bond donors (Lipinski definition) is 1. The normalized spacial score (nSPS) is 34.0. The van der Waals surface area contributed by atoms with Gasteiger partial charge in [-0.1, -0.05) is 79.7 Å². The van der Waals surface area contributed by atoms with Crippen LogP contribution in [0.15, 0.2) is 35.5 Å². The average Bonchev–Trinajstić information content (AvgIpc) is 3.15. The third-order valence-electron chi connectivity index (χ3n) is 11.7. The van der Waals surface area contributed by atoms with E-state index in [1.165, 1.54) is 43.3 Å². The Balaban J connectivity index is 1.93. The SMILES string of the molecule is C=C1/C(=C/C=C2/CCC[C@]3(C)[C@@H](C(C)CO)CC[C@@H]23)C[C@@H](O[Si](C)(C)C(C)(C)C)C[C@@H]1O[Si](C)(C)C(C)(C)C. The zero-order valence-corrected chi connectivity index (χ0v) is 29.7. The van der Waals surface area contributed by atoms with Crippen LogP contribution in [0.25, 0.3) is 0 Å². The van der Waals surface area contributed by atoms with Crippen molar-refractivity contribution < 1.29 is 14.0 Å². The van der Waals surface area contributed by atoms with Gasteiger partial charge in [0.2, 0.25) is 0 Å². The highest BCUT2D eigenvalue weighted by molar-refractivity contribution is 6.74. The van der Waals surface area contributed by atoms with E-state index in [0.717, 1.165) is 12.8 Å². The fourth-order valence-corrected chi connectivity index (χ4v) is 9.78. The van der Waals surface area contributed by atoms with Gasteiger partial charge in [-0.2, -0.15) is 0 Å². The second-order valence-corrected chi connectivity index (χ2v) is 26.0. The van der Waals surface area contributed by atoms with Crippen LogP contribution in [0.3, 0.4) is 0 Å². The number of allylic oxidation sites excluding steroid dienone is 3. The van der Waals surface area contributed by atoms with E-state index in [1.807, 2.05) is 0 Å². The van der Waals surface area contributed by atoms with Gasteiger partial charge in [0, 0.05) is 13.0 Å². The molecule has 0 aromatic heterocycles. The summed E-state index contributed by atoms with van der Waals surface area (Å²) in [5.41, 5.74) is 4.43. The Labute approximate surface area is 244 Å². The van der Waals surface area contributed by atoms with Crippen LogP contribution in [-0.4, -0.2) is 40.6 Å². The van der Waals surface area contributed by atoms with Crippen LogP contribution in [0.4, 0.5) is 0 Å². The lowest BCUT2D eigenvalue weighted by atomic mass is 9.61. The molecule has 0 saturated heterocycles. The quantitative estimate of drug-likeness (QED) is 0.308. The Hall–Kier alpha value is -0.466. The van der Waals surface area contributed by atoms with Gasteiger partial charge in [-0.15, -0.1) is 0 Å². The van der Waals surface area contributed by atoms with Crippen molar-refractivity contribution in [3.8, 4) is 0 Å². The molecule has 3 saturated carbocycles. The van der Waals surface area contributed by atoms with E-state index in [0.29, 0.717) is 29.8 Å². The predicted molar refractivity (Wildman–Crippen MR) is 173 cm³/mol. The van der Waals surface area contributed by atoms with Gasteiger partial charge in [0.25, 0.3) is 0 Å². The van der Waals surface area contributed by atoms with Crippen molar-refractivity contribution in [3.63, 3.8) is 0 Å². The fourth-order valence-electron chi connectivity index (χ4n) is 7.11. The van der Waals surface area contributed by atoms with Crippen molar-refractivity contribution >= 4 is 16.6 Å². The molecule has 5 heteroatoms. The highest BCUT2D eigenvalue weighted by Crippen LogP contribution is 2.59. The summed E-state index contributed by atoms with van der Waals surface area (Å²) in [6.45, 7) is 33.1. The largest absolute Gasteiger partial charge is 0.413 e. The molecule has 6 atom stereocenters. The molecule has 0 aromatic carbocycles. The van der Waals surface area contributed by atoms with Crippen molar-refractivity contribution in [2.45, 2.75) is 149 Å². The summed E-state index contributed by atoms with van der Waals surface area (Å²) >= 11 is 0. The lowest BCUT2D eigenvalue weighted by Crippen LogP contribution is -2.49. The van der Waals surface area contributed by atoms with Gasteiger partial charge in [0.15, 0.2) is 16.6 Å². The molecule has 0 aliphatic heterocycles. The van der Waals surface area contributed by atoms with Crippen LogP contribution in [0.2, 0.25) is 36.3 Å². The highest BCUT2D eigenvalue weighted by Gasteiger charge is 2.50. The maximum atomic E-state index is 9.93. The number of aliphatic hydroxyl groups excluding tert-OH is 1. The molecule has 3 aliphatic carbocycles. The minimum Gasteiger partial charge on any atom is -0.413 e. The Kier molecular flexibility index (Phi) is 9.88. The van der Waals surface area contributed by atoms with Crippen molar-refractivity contribution in [1.82, 2.24) is 0 Å². The Morgan fingerprint density at radius 3 is 2.15 bits per heavy atom. The first kappa shape index (κ1) is 33.0. The van der Waals surface area contributed by atoms with Crippen LogP contribution in [0, 0.1) is 23.2 Å². The smallest absolute Gasteiger partial charge is 0.192 e. The Morgan fingerprint density at radius 2 is 1.59 bits per heavy atom. The van der Waals surface area contributed by atoms with E-state index in [2.05, 4.69) is 100 Å². The fraction of sp³-hybridized carbons (Fsp3) is 0.824. The first-order valence-electron chi connectivity index (χ1n) is 15.8. The standard InChI is InChI=1S/C34H62O3Si2/c1-24(23-35)29-18-19-30-26(15-14-20-34(29,30)9)16-17-27-21-28(36-38(10,11)32(3,4)5)22-31(25(27)2)37-39(12,13)33(6,7)8/h16-17,24,28-31,35H,2,14-15,18-23H2,1,3-13H3/b26-16-,27-17+/t24?,28-,29-,30+,31+,34-/m1/s1. The van der Waals surface area contributed by atoms with Gasteiger partial charge in [0.1, 0.15) is 0 Å². The van der Waals surface area contributed by atoms with Crippen molar-refractivity contribution in [2.24, 2.45) is 23.2 Å². The van der Waals surface area contributed by atoms with Gasteiger partial charge in [-0.3, -0.25) is 0 Å². The molecule has 3 aliphatic rings. The van der Waals surface area contributed by atoms with E-state index >= 15 is 0 Å². The molecule has 3 rings (SSSR count). The molecule has 0 radical (unpaired) electrons. The topological polar surface area (TPSA) is 38.7 Å². The number of fused-ring (bicyclic) bond motifs is 1. The molecule has 1 N–H and O–H groups in total. The molecular formula is C34H62O3Si2. The summed E-state index contributed by atoms with van der Waals surface area (Å²) in [6, 6.07) is 0. The van der Waals surface area contributed by atoms with Gasteiger partial charge >= 0.3 is 0 Å². The molecule has 3 nitrogen and oxygen atoms in total. The predicted octanol–water partition coefficient (Wildman–Crippen LogP) is 9.81. The minimum atomic E-state index is -1.96. The number of aliphatic hydroxyl groups is 1. The summed E-state index contributed by atoms with van der Waals surface area (Å²) in [5.74, 6) is 1.65. The van der Waals surface area contributed by atoms with E-state index in [4.69, 9.17) is 8.85 Å². The molecule has 0 amide bonds. The Morgan fingerprint density at radius 1 is 1.00 bits per heavy atom. The zero-order chi connectivity index (χ0) is 29.6. The molecular weight excluding hydrogens is 513 g/mol. The number of rotatable bonds is 7. The molecule has 1 unspecified atom stereocenters. The molecule has 39 heavy (non-hydrogen) atoms. The van der Waals surface area contributed by atoms with Crippen LogP contribution in [0.1, 0.15) is 100 Å². The lowest BCUT2D eigenvalue weighted by Gasteiger charge is -2.45. The van der Waals surface area contributed by atoms with Gasteiger partial charge in [-0.25, -0.2) is 0 Å². The van der Waals surface area contributed by atoms with Gasteiger partial charge in [-0.05, 0) is 109 Å². The van der Waals surface area contributed by atoms with Gasteiger partial charge in [0.05, 0.1) is 12.2 Å². The lowest BCUT2D eigenvalue weighted by molar-refractivity contribution is 0.0690. The van der Waals surface area contributed by atoms with Crippen LogP contribution in [-0.2, 0) is 8.85 Å². The molecule has 0 spiro atoms. The summed E-state index contributed by atoms with van der Waals surface area (Å²) < 4.78 is 14.1. The van der Waals surface area contributed by atoms with Crippen molar-refractivity contribution in [1.29, 1.82) is 0 Å². The monoisotopic (exact) mass is 574 g/mol. The maximum Gasteiger partial charge on any atom is 0.192 e. The molecule has 0 bridgehead atoms. The summed E-state index contributed by atoms with van der Waals surface area (Å²) in [6.07, 6.45) is 13.2. The molecule has 224 valence electrons. The van der Waals surface area contributed by atoms with Crippen LogP contribution < -0.4 is 0 Å². The van der Waals surface area contributed by atoms with Gasteiger partial charge < -0.3 is 14.0 Å². The van der Waals surface area contributed by atoms with E-state index in [9.17, 15) is 5.11 Å². The summed E-state index contributed by atoms with van der Waals surface area (Å²) in [7, 11) is -3.87. The van der Waals surface area contributed by atoms with E-state index in [-0.39, 0.29) is 22.3 Å². The third-order valence-corrected chi connectivity index (χ3v) is 20.8. The second kappa shape index (κ2) is 11.7. The van der Waals surface area contributed by atoms with Crippen LogP contribution >= 0.6 is 0 Å². The van der Waals surface area contributed by atoms with E-state index < -0.39 is 16.6 Å². The van der Waals surface area contributed by atoms with Crippen molar-refractivity contribution in [3.05, 3.63) is 35.5 Å². The Bertz CT molecular complexity index is 948. The third kappa shape index (κ3) is 6.96. The average molecular weight is 575 g/mol. The second-order valence-electron chi connectivity index (χ2n) is 16.5. The first-order chi connectivity index (χ1) is 17.7.